The van der Waals surface area contributed by atoms with Gasteiger partial charge in [-0.3, -0.25) is 4.79 Å². The number of nitrogens with zero attached hydrogens (tertiary/aromatic N) is 2. The van der Waals surface area contributed by atoms with E-state index < -0.39 is 10.0 Å². The third-order valence-electron chi connectivity index (χ3n) is 4.71. The van der Waals surface area contributed by atoms with Gasteiger partial charge in [0.1, 0.15) is 0 Å². The molecule has 1 aliphatic heterocycles. The largest absolute Gasteiger partial charge is 0.326 e. The maximum Gasteiger partial charge on any atom is 0.243 e. The Morgan fingerprint density at radius 3 is 2.30 bits per heavy atom. The summed E-state index contributed by atoms with van der Waals surface area (Å²) in [4.78, 5) is 12.8. The van der Waals surface area contributed by atoms with E-state index in [2.05, 4.69) is 11.4 Å². The first-order valence-corrected chi connectivity index (χ1v) is 10.3. The number of rotatable bonds is 5. The highest BCUT2D eigenvalue weighted by Crippen LogP contribution is 2.25. The van der Waals surface area contributed by atoms with Crippen LogP contribution >= 0.6 is 0 Å². The normalized spacial score (nSPS) is 15.8. The van der Waals surface area contributed by atoms with Crippen LogP contribution in [-0.2, 0) is 21.2 Å². The van der Waals surface area contributed by atoms with Crippen LogP contribution in [0.1, 0.15) is 18.4 Å². The molecule has 3 rings (SSSR count). The van der Waals surface area contributed by atoms with E-state index >= 15 is 0 Å². The van der Waals surface area contributed by atoms with Crippen molar-refractivity contribution in [2.75, 3.05) is 18.4 Å². The van der Waals surface area contributed by atoms with E-state index in [-0.39, 0.29) is 16.7 Å². The van der Waals surface area contributed by atoms with Crippen LogP contribution in [0.2, 0.25) is 0 Å². The SMILES string of the molecule is N#CCc1ccc(NC(=O)C2CCN(S(=O)(=O)c3ccccc3)CC2)cc1. The van der Waals surface area contributed by atoms with Gasteiger partial charge >= 0.3 is 0 Å². The fourth-order valence-corrected chi connectivity index (χ4v) is 4.63. The monoisotopic (exact) mass is 383 g/mol. The zero-order valence-corrected chi connectivity index (χ0v) is 15.7. The third-order valence-corrected chi connectivity index (χ3v) is 6.62. The van der Waals surface area contributed by atoms with Crippen molar-refractivity contribution < 1.29 is 13.2 Å². The molecule has 0 unspecified atom stereocenters. The molecule has 1 saturated heterocycles. The number of sulfonamides is 1. The molecule has 2 aromatic rings. The average molecular weight is 383 g/mol. The summed E-state index contributed by atoms with van der Waals surface area (Å²) in [6.45, 7) is 0.660. The Labute approximate surface area is 159 Å². The summed E-state index contributed by atoms with van der Waals surface area (Å²) < 4.78 is 26.7. The zero-order chi connectivity index (χ0) is 19.3. The summed E-state index contributed by atoms with van der Waals surface area (Å²) in [5.41, 5.74) is 1.58. The molecule has 0 saturated carbocycles. The van der Waals surface area contributed by atoms with Crippen LogP contribution < -0.4 is 5.32 Å². The van der Waals surface area contributed by atoms with Crippen LogP contribution in [0.5, 0.6) is 0 Å². The summed E-state index contributed by atoms with van der Waals surface area (Å²) in [6, 6.07) is 17.6. The summed E-state index contributed by atoms with van der Waals surface area (Å²) in [6.07, 6.45) is 1.32. The molecule has 7 heteroatoms. The third kappa shape index (κ3) is 4.54. The fourth-order valence-electron chi connectivity index (χ4n) is 3.14. The van der Waals surface area contributed by atoms with Gasteiger partial charge in [-0.1, -0.05) is 30.3 Å². The molecule has 0 radical (unpaired) electrons. The Bertz CT molecular complexity index is 927. The van der Waals surface area contributed by atoms with Crippen molar-refractivity contribution in [3.8, 4) is 6.07 Å². The van der Waals surface area contributed by atoms with Gasteiger partial charge in [-0.05, 0) is 42.7 Å². The quantitative estimate of drug-likeness (QED) is 0.860. The molecule has 0 atom stereocenters. The standard InChI is InChI=1S/C20H21N3O3S/c21-13-10-16-6-8-18(9-7-16)22-20(24)17-11-14-23(15-12-17)27(25,26)19-4-2-1-3-5-19/h1-9,17H,10-12,14-15H2,(H,22,24). The van der Waals surface area contributed by atoms with Gasteiger partial charge in [0.05, 0.1) is 17.4 Å². The highest BCUT2D eigenvalue weighted by Gasteiger charge is 2.31. The molecule has 27 heavy (non-hydrogen) atoms. The van der Waals surface area contributed by atoms with E-state index in [1.807, 2.05) is 12.1 Å². The van der Waals surface area contributed by atoms with Gasteiger partial charge in [-0.2, -0.15) is 9.57 Å². The van der Waals surface area contributed by atoms with Crippen LogP contribution in [-0.4, -0.2) is 31.7 Å². The lowest BCUT2D eigenvalue weighted by Gasteiger charge is -2.30. The molecule has 2 aromatic carbocycles. The lowest BCUT2D eigenvalue weighted by molar-refractivity contribution is -0.120. The minimum Gasteiger partial charge on any atom is -0.326 e. The van der Waals surface area contributed by atoms with Crippen molar-refractivity contribution >= 4 is 21.6 Å². The number of hydrogen-bond acceptors (Lipinski definition) is 4. The van der Waals surface area contributed by atoms with E-state index in [9.17, 15) is 13.2 Å². The molecule has 1 amide bonds. The summed E-state index contributed by atoms with van der Waals surface area (Å²) in [5, 5.41) is 11.6. The topological polar surface area (TPSA) is 90.3 Å². The van der Waals surface area contributed by atoms with Crippen molar-refractivity contribution in [3.05, 3.63) is 60.2 Å². The molecule has 6 nitrogen and oxygen atoms in total. The molecule has 0 aliphatic carbocycles. The van der Waals surface area contributed by atoms with Gasteiger partial charge in [-0.15, -0.1) is 0 Å². The maximum absolute atomic E-state index is 12.6. The second-order valence-corrected chi connectivity index (χ2v) is 8.45. The van der Waals surface area contributed by atoms with Crippen LogP contribution in [0.4, 0.5) is 5.69 Å². The second-order valence-electron chi connectivity index (χ2n) is 6.51. The predicted octanol–water partition coefficient (Wildman–Crippen LogP) is 2.79. The summed E-state index contributed by atoms with van der Waals surface area (Å²) in [7, 11) is -3.51. The number of piperidine rings is 1. The number of amides is 1. The van der Waals surface area contributed by atoms with Gasteiger partial charge in [0.2, 0.25) is 15.9 Å². The van der Waals surface area contributed by atoms with E-state index in [4.69, 9.17) is 5.26 Å². The number of benzene rings is 2. The number of carbonyl (C=O) groups excluding carboxylic acids is 1. The minimum atomic E-state index is -3.51. The molecule has 0 bridgehead atoms. The Hall–Kier alpha value is -2.69. The van der Waals surface area contributed by atoms with E-state index in [0.29, 0.717) is 38.0 Å². The van der Waals surface area contributed by atoms with Gasteiger partial charge in [0, 0.05) is 24.7 Å². The number of anilines is 1. The summed E-state index contributed by atoms with van der Waals surface area (Å²) >= 11 is 0. The van der Waals surface area contributed by atoms with Gasteiger partial charge in [0.15, 0.2) is 0 Å². The van der Waals surface area contributed by atoms with Crippen LogP contribution in [0.25, 0.3) is 0 Å². The van der Waals surface area contributed by atoms with Gasteiger partial charge < -0.3 is 5.32 Å². The molecule has 0 spiro atoms. The number of hydrogen-bond donors (Lipinski definition) is 1. The van der Waals surface area contributed by atoms with Crippen LogP contribution in [0.15, 0.2) is 59.5 Å². The lowest BCUT2D eigenvalue weighted by Crippen LogP contribution is -2.41. The Morgan fingerprint density at radius 1 is 1.07 bits per heavy atom. The number of nitriles is 1. The first-order valence-electron chi connectivity index (χ1n) is 8.82. The fraction of sp³-hybridized carbons (Fsp3) is 0.300. The first-order chi connectivity index (χ1) is 13.0. The van der Waals surface area contributed by atoms with E-state index in [1.54, 1.807) is 42.5 Å². The van der Waals surface area contributed by atoms with Gasteiger partial charge in [-0.25, -0.2) is 8.42 Å². The molecule has 1 aliphatic rings. The average Bonchev–Trinajstić information content (AvgIpc) is 2.70. The maximum atomic E-state index is 12.6. The second kappa shape index (κ2) is 8.33. The van der Waals surface area contributed by atoms with E-state index in [1.165, 1.54) is 4.31 Å². The Morgan fingerprint density at radius 2 is 1.70 bits per heavy atom. The molecular weight excluding hydrogens is 362 g/mol. The van der Waals surface area contributed by atoms with E-state index in [0.717, 1.165) is 5.56 Å². The Balaban J connectivity index is 1.57. The minimum absolute atomic E-state index is 0.0974. The van der Waals surface area contributed by atoms with Crippen molar-refractivity contribution in [3.63, 3.8) is 0 Å². The van der Waals surface area contributed by atoms with Crippen LogP contribution in [0.3, 0.4) is 0 Å². The smallest absolute Gasteiger partial charge is 0.243 e. The van der Waals surface area contributed by atoms with Gasteiger partial charge in [0.25, 0.3) is 0 Å². The summed E-state index contributed by atoms with van der Waals surface area (Å²) in [5.74, 6) is -0.314. The number of nitrogens with one attached hydrogen (secondary N) is 1. The van der Waals surface area contributed by atoms with Crippen LogP contribution in [0, 0.1) is 17.2 Å². The van der Waals surface area contributed by atoms with Crippen molar-refractivity contribution in [1.82, 2.24) is 4.31 Å². The van der Waals surface area contributed by atoms with Crippen molar-refractivity contribution in [2.24, 2.45) is 5.92 Å². The molecule has 0 aromatic heterocycles. The predicted molar refractivity (Wildman–Crippen MR) is 102 cm³/mol. The highest BCUT2D eigenvalue weighted by molar-refractivity contribution is 7.89. The highest BCUT2D eigenvalue weighted by atomic mass is 32.2. The number of carbonyl (C=O) groups is 1. The molecule has 1 fully saturated rings. The van der Waals surface area contributed by atoms with Crippen molar-refractivity contribution in [2.45, 2.75) is 24.2 Å². The lowest BCUT2D eigenvalue weighted by atomic mass is 9.97. The Kier molecular flexibility index (Phi) is 5.89. The molecular formula is C20H21N3O3S. The molecule has 140 valence electrons. The molecule has 1 N–H and O–H groups in total. The molecule has 1 heterocycles. The zero-order valence-electron chi connectivity index (χ0n) is 14.8. The van der Waals surface area contributed by atoms with Crippen molar-refractivity contribution in [1.29, 1.82) is 5.26 Å². The first kappa shape index (κ1) is 19.1.